The number of aromatic nitrogens is 1. The monoisotopic (exact) mass is 382 g/mol. The molecule has 0 unspecified atom stereocenters. The summed E-state index contributed by atoms with van der Waals surface area (Å²) in [6.45, 7) is 1.87. The zero-order chi connectivity index (χ0) is 19.6. The number of urea groups is 1. The topological polar surface area (TPSA) is 69.0 Å². The minimum absolute atomic E-state index is 0.0641. The van der Waals surface area contributed by atoms with Gasteiger partial charge in [-0.3, -0.25) is 0 Å². The van der Waals surface area contributed by atoms with Crippen molar-refractivity contribution in [2.24, 2.45) is 0 Å². The highest BCUT2D eigenvalue weighted by Crippen LogP contribution is 2.29. The third kappa shape index (κ3) is 3.69. The molecule has 0 saturated heterocycles. The number of hydrogen-bond donors (Lipinski definition) is 1. The number of halogens is 2. The van der Waals surface area contributed by atoms with Crippen molar-refractivity contribution in [1.82, 2.24) is 9.88 Å². The molecule has 3 aromatic rings. The van der Waals surface area contributed by atoms with Gasteiger partial charge in [0, 0.05) is 29.9 Å². The average molecular weight is 383 g/mol. The van der Waals surface area contributed by atoms with E-state index in [-0.39, 0.29) is 17.1 Å². The molecule has 5 nitrogen and oxygen atoms in total. The third-order valence-corrected chi connectivity index (χ3v) is 4.74. The van der Waals surface area contributed by atoms with E-state index in [1.165, 1.54) is 23.1 Å². The van der Waals surface area contributed by atoms with E-state index < -0.39 is 5.82 Å². The van der Waals surface area contributed by atoms with Crippen molar-refractivity contribution in [3.8, 4) is 6.07 Å². The molecule has 1 aromatic heterocycles. The predicted molar refractivity (Wildman–Crippen MR) is 103 cm³/mol. The molecule has 0 fully saturated rings. The minimum Gasteiger partial charge on any atom is -0.321 e. The summed E-state index contributed by atoms with van der Waals surface area (Å²) in [5, 5.41) is 13.5. The predicted octanol–water partition coefficient (Wildman–Crippen LogP) is 5.12. The maximum atomic E-state index is 13.3. The smallest absolute Gasteiger partial charge is 0.321 e. The second-order valence-electron chi connectivity index (χ2n) is 6.07. The van der Waals surface area contributed by atoms with Crippen molar-refractivity contribution in [3.63, 3.8) is 0 Å². The number of nitrogens with one attached hydrogen (secondary N) is 1. The molecule has 0 aliphatic carbocycles. The quantitative estimate of drug-likeness (QED) is 0.683. The van der Waals surface area contributed by atoms with E-state index in [4.69, 9.17) is 11.6 Å². The van der Waals surface area contributed by atoms with Crippen LogP contribution in [0.1, 0.15) is 24.2 Å². The molecule has 2 amide bonds. The van der Waals surface area contributed by atoms with Gasteiger partial charge >= 0.3 is 6.03 Å². The Bertz CT molecular complexity index is 1060. The maximum absolute atomic E-state index is 13.3. The normalized spacial score (nSPS) is 11.7. The van der Waals surface area contributed by atoms with E-state index in [1.807, 2.05) is 31.2 Å². The molecule has 136 valence electrons. The summed E-state index contributed by atoms with van der Waals surface area (Å²) in [6.07, 6.45) is 1.62. The van der Waals surface area contributed by atoms with Crippen molar-refractivity contribution in [2.45, 2.75) is 13.0 Å². The van der Waals surface area contributed by atoms with E-state index in [0.29, 0.717) is 11.4 Å². The van der Waals surface area contributed by atoms with E-state index in [2.05, 4.69) is 16.4 Å². The number of nitriles is 1. The van der Waals surface area contributed by atoms with Crippen molar-refractivity contribution in [1.29, 1.82) is 5.26 Å². The van der Waals surface area contributed by atoms with Gasteiger partial charge < -0.3 is 10.2 Å². The van der Waals surface area contributed by atoms with Crippen LogP contribution in [-0.2, 0) is 0 Å². The molecule has 0 aliphatic heterocycles. The Balaban J connectivity index is 1.88. The number of pyridine rings is 1. The Morgan fingerprint density at radius 3 is 2.67 bits per heavy atom. The first kappa shape index (κ1) is 18.6. The highest BCUT2D eigenvalue weighted by atomic mass is 35.5. The molecule has 0 radical (unpaired) electrons. The molecule has 2 aromatic carbocycles. The SMILES string of the molecule is C[C@H](c1cnc(C#N)c2ccccc12)N(C)C(=O)Nc1ccc(F)c(Cl)c1. The van der Waals surface area contributed by atoms with Crippen LogP contribution >= 0.6 is 11.6 Å². The molecule has 27 heavy (non-hydrogen) atoms. The summed E-state index contributed by atoms with van der Waals surface area (Å²) >= 11 is 5.75. The van der Waals surface area contributed by atoms with Crippen LogP contribution < -0.4 is 5.32 Å². The van der Waals surface area contributed by atoms with Crippen LogP contribution in [0, 0.1) is 17.1 Å². The number of anilines is 1. The lowest BCUT2D eigenvalue weighted by molar-refractivity contribution is 0.208. The zero-order valence-electron chi connectivity index (χ0n) is 14.7. The van der Waals surface area contributed by atoms with Gasteiger partial charge in [0.2, 0.25) is 0 Å². The van der Waals surface area contributed by atoms with Crippen molar-refractivity contribution in [3.05, 3.63) is 70.8 Å². The number of hydrogen-bond acceptors (Lipinski definition) is 3. The van der Waals surface area contributed by atoms with Crippen LogP contribution in [0.25, 0.3) is 10.8 Å². The first-order valence-corrected chi connectivity index (χ1v) is 8.56. The fourth-order valence-corrected chi connectivity index (χ4v) is 2.99. The van der Waals surface area contributed by atoms with Gasteiger partial charge in [0.25, 0.3) is 0 Å². The molecule has 0 bridgehead atoms. The van der Waals surface area contributed by atoms with Crippen molar-refractivity contribution >= 4 is 34.1 Å². The summed E-state index contributed by atoms with van der Waals surface area (Å²) in [4.78, 5) is 18.3. The zero-order valence-corrected chi connectivity index (χ0v) is 15.5. The Morgan fingerprint density at radius 2 is 2.00 bits per heavy atom. The average Bonchev–Trinajstić information content (AvgIpc) is 2.68. The van der Waals surface area contributed by atoms with Crippen molar-refractivity contribution in [2.75, 3.05) is 12.4 Å². The maximum Gasteiger partial charge on any atom is 0.322 e. The summed E-state index contributed by atoms with van der Waals surface area (Å²) in [5.41, 5.74) is 1.56. The number of benzene rings is 2. The first-order chi connectivity index (χ1) is 12.9. The second kappa shape index (κ2) is 7.60. The third-order valence-electron chi connectivity index (χ3n) is 4.45. The van der Waals surface area contributed by atoms with Gasteiger partial charge in [-0.05, 0) is 30.5 Å². The fraction of sp³-hybridized carbons (Fsp3) is 0.150. The van der Waals surface area contributed by atoms with E-state index in [1.54, 1.807) is 13.2 Å². The van der Waals surface area contributed by atoms with Crippen LogP contribution in [-0.4, -0.2) is 23.0 Å². The van der Waals surface area contributed by atoms with E-state index in [0.717, 1.165) is 16.3 Å². The van der Waals surface area contributed by atoms with Crippen molar-refractivity contribution < 1.29 is 9.18 Å². The highest BCUT2D eigenvalue weighted by molar-refractivity contribution is 6.31. The summed E-state index contributed by atoms with van der Waals surface area (Å²) < 4.78 is 13.3. The Labute approximate surface area is 161 Å². The number of rotatable bonds is 3. The highest BCUT2D eigenvalue weighted by Gasteiger charge is 2.21. The summed E-state index contributed by atoms with van der Waals surface area (Å²) in [6, 6.07) is 12.8. The molecule has 0 aliphatic rings. The van der Waals surface area contributed by atoms with Gasteiger partial charge in [-0.25, -0.2) is 14.2 Å². The van der Waals surface area contributed by atoms with Gasteiger partial charge in [0.15, 0.2) is 0 Å². The Kier molecular flexibility index (Phi) is 5.24. The molecule has 3 rings (SSSR count). The van der Waals surface area contributed by atoms with Crippen LogP contribution in [0.5, 0.6) is 0 Å². The van der Waals surface area contributed by atoms with Gasteiger partial charge in [0.1, 0.15) is 17.6 Å². The molecule has 0 spiro atoms. The van der Waals surface area contributed by atoms with Crippen LogP contribution in [0.2, 0.25) is 5.02 Å². The molecular formula is C20H16ClFN4O. The first-order valence-electron chi connectivity index (χ1n) is 8.19. The van der Waals surface area contributed by atoms with E-state index in [9.17, 15) is 14.4 Å². The van der Waals surface area contributed by atoms with Gasteiger partial charge in [-0.1, -0.05) is 35.9 Å². The number of carbonyl (C=O) groups excluding carboxylic acids is 1. The second-order valence-corrected chi connectivity index (χ2v) is 6.47. The van der Waals surface area contributed by atoms with Crippen LogP contribution in [0.3, 0.4) is 0 Å². The molecule has 0 saturated carbocycles. The summed E-state index contributed by atoms with van der Waals surface area (Å²) in [5.74, 6) is -0.550. The number of nitrogens with zero attached hydrogens (tertiary/aromatic N) is 3. The Morgan fingerprint density at radius 1 is 1.30 bits per heavy atom. The number of carbonyl (C=O) groups is 1. The molecule has 1 atom stereocenters. The van der Waals surface area contributed by atoms with E-state index >= 15 is 0 Å². The molecule has 7 heteroatoms. The van der Waals surface area contributed by atoms with Gasteiger partial charge in [-0.2, -0.15) is 5.26 Å². The largest absolute Gasteiger partial charge is 0.322 e. The molecule has 1 N–H and O–H groups in total. The lowest BCUT2D eigenvalue weighted by atomic mass is 10.00. The standard InChI is InChI=1S/C20H16ClFN4O/c1-12(16-11-24-19(10-23)15-6-4-3-5-14(15)16)26(2)20(27)25-13-7-8-18(22)17(21)9-13/h3-9,11-12H,1-2H3,(H,25,27)/t12-/m1/s1. The minimum atomic E-state index is -0.550. The summed E-state index contributed by atoms with van der Waals surface area (Å²) in [7, 11) is 1.65. The van der Waals surface area contributed by atoms with Gasteiger partial charge in [-0.15, -0.1) is 0 Å². The fourth-order valence-electron chi connectivity index (χ4n) is 2.81. The number of amides is 2. The lowest BCUT2D eigenvalue weighted by Crippen LogP contribution is -2.33. The van der Waals surface area contributed by atoms with Gasteiger partial charge in [0.05, 0.1) is 11.1 Å². The molecule has 1 heterocycles. The van der Waals surface area contributed by atoms with Crippen LogP contribution in [0.15, 0.2) is 48.7 Å². The van der Waals surface area contributed by atoms with Crippen LogP contribution in [0.4, 0.5) is 14.9 Å². The number of fused-ring (bicyclic) bond motifs is 1. The molecular weight excluding hydrogens is 367 g/mol. The lowest BCUT2D eigenvalue weighted by Gasteiger charge is -2.26. The Hall–Kier alpha value is -3.17.